The Labute approximate surface area is 143 Å². The van der Waals surface area contributed by atoms with Crippen LogP contribution < -0.4 is 5.32 Å². The molecule has 1 amide bonds. The quantitative estimate of drug-likeness (QED) is 0.517. The first-order valence-electron chi connectivity index (χ1n) is 9.25. The van der Waals surface area contributed by atoms with Gasteiger partial charge in [-0.1, -0.05) is 53.2 Å². The normalized spacial score (nSPS) is 25.3. The lowest BCUT2D eigenvalue weighted by molar-refractivity contribution is -0.123. The van der Waals surface area contributed by atoms with Crippen molar-refractivity contribution in [2.24, 2.45) is 23.7 Å². The molecule has 0 bridgehead atoms. The highest BCUT2D eigenvalue weighted by molar-refractivity contribution is 5.85. The van der Waals surface area contributed by atoms with Gasteiger partial charge < -0.3 is 5.32 Å². The minimum absolute atomic E-state index is 0.306. The summed E-state index contributed by atoms with van der Waals surface area (Å²) >= 11 is 0. The highest BCUT2D eigenvalue weighted by Crippen LogP contribution is 2.37. The van der Waals surface area contributed by atoms with Crippen LogP contribution in [0.5, 0.6) is 0 Å². The summed E-state index contributed by atoms with van der Waals surface area (Å²) < 4.78 is 0. The molecule has 0 heterocycles. The average molecular weight is 324 g/mol. The highest BCUT2D eigenvalue weighted by Gasteiger charge is 2.37. The van der Waals surface area contributed by atoms with Gasteiger partial charge in [-0.3, -0.25) is 9.59 Å². The van der Waals surface area contributed by atoms with Crippen LogP contribution >= 0.6 is 0 Å². The van der Waals surface area contributed by atoms with E-state index in [0.717, 1.165) is 38.5 Å². The summed E-state index contributed by atoms with van der Waals surface area (Å²) in [5, 5.41) is 2.70. The fourth-order valence-corrected chi connectivity index (χ4v) is 3.39. The molecule has 1 fully saturated rings. The molecule has 0 spiro atoms. The van der Waals surface area contributed by atoms with E-state index in [0.29, 0.717) is 35.5 Å². The lowest BCUT2D eigenvalue weighted by Crippen LogP contribution is -2.25. The number of ketones is 1. The summed E-state index contributed by atoms with van der Waals surface area (Å²) in [7, 11) is 0. The predicted octanol–water partition coefficient (Wildman–Crippen LogP) is 4.76. The summed E-state index contributed by atoms with van der Waals surface area (Å²) in [6.45, 7) is 12.7. The third kappa shape index (κ3) is 8.92. The molecule has 1 rings (SSSR count). The molecule has 1 N–H and O–H groups in total. The van der Waals surface area contributed by atoms with Crippen LogP contribution in [0, 0.1) is 23.7 Å². The molecule has 0 aliphatic heterocycles. The first-order chi connectivity index (χ1) is 10.9. The first-order valence-corrected chi connectivity index (χ1v) is 9.25. The van der Waals surface area contributed by atoms with Crippen LogP contribution in [0.25, 0.3) is 0 Å². The zero-order chi connectivity index (χ0) is 17.8. The second-order valence-corrected chi connectivity index (χ2v) is 7.24. The van der Waals surface area contributed by atoms with Gasteiger partial charge in [0, 0.05) is 17.9 Å². The average Bonchev–Trinajstić information content (AvgIpc) is 2.75. The fraction of sp³-hybridized carbons (Fsp3) is 0.800. The van der Waals surface area contributed by atoms with Gasteiger partial charge in [-0.25, -0.2) is 0 Å². The third-order valence-electron chi connectivity index (χ3n) is 4.57. The van der Waals surface area contributed by atoms with Gasteiger partial charge in [-0.05, 0) is 44.4 Å². The Hall–Kier alpha value is -1.12. The third-order valence-corrected chi connectivity index (χ3v) is 4.57. The molecule has 0 aromatic carbocycles. The topological polar surface area (TPSA) is 46.2 Å². The Bertz CT molecular complexity index is 363. The molecule has 1 aliphatic carbocycles. The van der Waals surface area contributed by atoms with Crippen molar-refractivity contribution in [2.45, 2.75) is 79.7 Å². The van der Waals surface area contributed by atoms with Gasteiger partial charge in [0.2, 0.25) is 6.41 Å². The van der Waals surface area contributed by atoms with Crippen molar-refractivity contribution in [3.05, 3.63) is 12.2 Å². The maximum Gasteiger partial charge on any atom is 0.207 e. The number of rotatable bonds is 8. The van der Waals surface area contributed by atoms with E-state index in [1.807, 2.05) is 6.92 Å². The Morgan fingerprint density at radius 1 is 1.22 bits per heavy atom. The first kappa shape index (κ1) is 21.9. The van der Waals surface area contributed by atoms with Crippen molar-refractivity contribution >= 4 is 12.2 Å². The predicted molar refractivity (Wildman–Crippen MR) is 98.2 cm³/mol. The van der Waals surface area contributed by atoms with Crippen molar-refractivity contribution < 1.29 is 9.59 Å². The summed E-state index contributed by atoms with van der Waals surface area (Å²) in [5.41, 5.74) is 0. The maximum atomic E-state index is 11.8. The summed E-state index contributed by atoms with van der Waals surface area (Å²) in [4.78, 5) is 21.7. The van der Waals surface area contributed by atoms with Gasteiger partial charge in [0.25, 0.3) is 0 Å². The molecule has 3 nitrogen and oxygen atoms in total. The Morgan fingerprint density at radius 3 is 2.35 bits per heavy atom. The Kier molecular flexibility index (Phi) is 11.7. The summed E-state index contributed by atoms with van der Waals surface area (Å²) in [5.74, 6) is 2.42. The molecular weight excluding hydrogens is 286 g/mol. The molecule has 4 unspecified atom stereocenters. The zero-order valence-electron chi connectivity index (χ0n) is 16.0. The van der Waals surface area contributed by atoms with Crippen molar-refractivity contribution in [1.29, 1.82) is 0 Å². The summed E-state index contributed by atoms with van der Waals surface area (Å²) in [6.07, 6.45) is 10.5. The maximum absolute atomic E-state index is 11.8. The van der Waals surface area contributed by atoms with E-state index < -0.39 is 0 Å². The number of allylic oxidation sites excluding steroid dienone is 2. The number of carbonyl (C=O) groups excluding carboxylic acids is 2. The standard InChI is InChI=1S/C13H22O.C7H15NO/c1-4-6-7-8-12-11(5-2)9-10(3)13(12)14;1-6(2)4-7(3)8-5-9/h6-7,10-12H,4-5,8-9H2,1-3H3;5-7H,4H2,1-3H3,(H,8,9)/b7-6+;. The smallest absolute Gasteiger partial charge is 0.207 e. The Balaban J connectivity index is 0.000000468. The molecule has 0 aromatic rings. The van der Waals surface area contributed by atoms with Crippen molar-refractivity contribution in [3.8, 4) is 0 Å². The lowest BCUT2D eigenvalue weighted by Gasteiger charge is -2.13. The van der Waals surface area contributed by atoms with E-state index in [1.54, 1.807) is 0 Å². The van der Waals surface area contributed by atoms with Crippen LogP contribution in [0.15, 0.2) is 12.2 Å². The minimum Gasteiger partial charge on any atom is -0.356 e. The zero-order valence-corrected chi connectivity index (χ0v) is 16.0. The van der Waals surface area contributed by atoms with Gasteiger partial charge in [-0.15, -0.1) is 0 Å². The van der Waals surface area contributed by atoms with Crippen LogP contribution in [0.2, 0.25) is 0 Å². The number of nitrogens with one attached hydrogen (secondary N) is 1. The van der Waals surface area contributed by atoms with Gasteiger partial charge in [0.1, 0.15) is 5.78 Å². The molecule has 0 aromatic heterocycles. The van der Waals surface area contributed by atoms with Crippen LogP contribution in [-0.4, -0.2) is 18.2 Å². The second kappa shape index (κ2) is 12.3. The van der Waals surface area contributed by atoms with E-state index in [-0.39, 0.29) is 0 Å². The van der Waals surface area contributed by atoms with E-state index in [2.05, 4.69) is 52.1 Å². The van der Waals surface area contributed by atoms with E-state index >= 15 is 0 Å². The molecule has 0 saturated heterocycles. The van der Waals surface area contributed by atoms with Crippen LogP contribution in [0.3, 0.4) is 0 Å². The molecule has 1 saturated carbocycles. The van der Waals surface area contributed by atoms with Crippen molar-refractivity contribution in [3.63, 3.8) is 0 Å². The molecule has 134 valence electrons. The number of carbonyl (C=O) groups is 2. The van der Waals surface area contributed by atoms with Crippen LogP contribution in [0.1, 0.15) is 73.6 Å². The minimum atomic E-state index is 0.306. The van der Waals surface area contributed by atoms with Crippen molar-refractivity contribution in [1.82, 2.24) is 5.32 Å². The lowest BCUT2D eigenvalue weighted by atomic mass is 9.90. The number of amides is 1. The summed E-state index contributed by atoms with van der Waals surface area (Å²) in [6, 6.07) is 0.322. The van der Waals surface area contributed by atoms with E-state index in [4.69, 9.17) is 0 Å². The van der Waals surface area contributed by atoms with Crippen LogP contribution in [0.4, 0.5) is 0 Å². The molecule has 0 radical (unpaired) electrons. The van der Waals surface area contributed by atoms with E-state index in [1.165, 1.54) is 0 Å². The van der Waals surface area contributed by atoms with Crippen LogP contribution in [-0.2, 0) is 9.59 Å². The van der Waals surface area contributed by atoms with Gasteiger partial charge in [0.05, 0.1) is 0 Å². The van der Waals surface area contributed by atoms with Gasteiger partial charge in [-0.2, -0.15) is 0 Å². The number of Topliss-reactive ketones (excluding diaryl/α,β-unsaturated/α-hetero) is 1. The SMILES string of the molecule is CC(C)CC(C)NC=O.CC/C=C/CC1C(=O)C(C)CC1CC. The molecule has 3 heteroatoms. The number of hydrogen-bond acceptors (Lipinski definition) is 2. The second-order valence-electron chi connectivity index (χ2n) is 7.24. The van der Waals surface area contributed by atoms with Crippen molar-refractivity contribution in [2.75, 3.05) is 0 Å². The van der Waals surface area contributed by atoms with Gasteiger partial charge >= 0.3 is 0 Å². The number of hydrogen-bond donors (Lipinski definition) is 1. The molecule has 23 heavy (non-hydrogen) atoms. The largest absolute Gasteiger partial charge is 0.356 e. The fourth-order valence-electron chi connectivity index (χ4n) is 3.39. The van der Waals surface area contributed by atoms with Gasteiger partial charge in [0.15, 0.2) is 0 Å². The molecule has 4 atom stereocenters. The molecule has 1 aliphatic rings. The van der Waals surface area contributed by atoms with E-state index in [9.17, 15) is 9.59 Å². The monoisotopic (exact) mass is 323 g/mol. The Morgan fingerprint density at radius 2 is 1.87 bits per heavy atom. The highest BCUT2D eigenvalue weighted by atomic mass is 16.1. The molecular formula is C20H37NO2.